The summed E-state index contributed by atoms with van der Waals surface area (Å²) in [6.45, 7) is 10.7. The molecule has 2 aromatic rings. The lowest BCUT2D eigenvalue weighted by Gasteiger charge is -2.21. The molecule has 114 valence electrons. The highest BCUT2D eigenvalue weighted by molar-refractivity contribution is 5.33. The number of benzene rings is 1. The van der Waals surface area contributed by atoms with E-state index in [4.69, 9.17) is 0 Å². The minimum absolute atomic E-state index is 0.331. The zero-order valence-electron chi connectivity index (χ0n) is 13.7. The van der Waals surface area contributed by atoms with Gasteiger partial charge in [0.05, 0.1) is 0 Å². The number of aromatic nitrogens is 2. The van der Waals surface area contributed by atoms with Crippen molar-refractivity contribution in [1.29, 1.82) is 0 Å². The Morgan fingerprint density at radius 1 is 1.24 bits per heavy atom. The predicted molar refractivity (Wildman–Crippen MR) is 88.6 cm³/mol. The van der Waals surface area contributed by atoms with Crippen LogP contribution in [-0.4, -0.2) is 16.1 Å². The molecule has 1 aromatic carbocycles. The standard InChI is InChI=1S/C18H27N3/c1-5-9-19-17(13-18-20-10-11-21(18)6-2)16-12-14(3)7-8-15(16)4/h7-8,10-12,17,19H,5-6,9,13H2,1-4H3. The van der Waals surface area contributed by atoms with Crippen LogP contribution in [0.5, 0.6) is 0 Å². The van der Waals surface area contributed by atoms with Gasteiger partial charge in [0.1, 0.15) is 5.82 Å². The molecule has 3 nitrogen and oxygen atoms in total. The van der Waals surface area contributed by atoms with E-state index < -0.39 is 0 Å². The molecule has 2 rings (SSSR count). The van der Waals surface area contributed by atoms with Crippen LogP contribution in [0, 0.1) is 13.8 Å². The Balaban J connectivity index is 2.27. The number of hydrogen-bond acceptors (Lipinski definition) is 2. The van der Waals surface area contributed by atoms with Crippen molar-refractivity contribution in [3.8, 4) is 0 Å². The van der Waals surface area contributed by atoms with Crippen LogP contribution in [0.3, 0.4) is 0 Å². The third kappa shape index (κ3) is 3.94. The van der Waals surface area contributed by atoms with Crippen molar-refractivity contribution >= 4 is 0 Å². The first-order chi connectivity index (χ1) is 10.2. The first-order valence-electron chi connectivity index (χ1n) is 7.96. The molecule has 0 fully saturated rings. The summed E-state index contributed by atoms with van der Waals surface area (Å²) in [5.41, 5.74) is 4.07. The largest absolute Gasteiger partial charge is 0.335 e. The van der Waals surface area contributed by atoms with Crippen LogP contribution in [0.25, 0.3) is 0 Å². The van der Waals surface area contributed by atoms with E-state index in [-0.39, 0.29) is 0 Å². The molecule has 0 saturated heterocycles. The second-order valence-electron chi connectivity index (χ2n) is 5.70. The fourth-order valence-electron chi connectivity index (χ4n) is 2.75. The SMILES string of the molecule is CCCNC(Cc1nccn1CC)c1cc(C)ccc1C. The van der Waals surface area contributed by atoms with E-state index in [2.05, 4.69) is 67.0 Å². The van der Waals surface area contributed by atoms with Crippen LogP contribution in [0.15, 0.2) is 30.6 Å². The molecule has 1 N–H and O–H groups in total. The minimum atomic E-state index is 0.331. The summed E-state index contributed by atoms with van der Waals surface area (Å²) >= 11 is 0. The molecule has 1 aromatic heterocycles. The quantitative estimate of drug-likeness (QED) is 0.838. The molecule has 0 saturated carbocycles. The lowest BCUT2D eigenvalue weighted by molar-refractivity contribution is 0.504. The first kappa shape index (κ1) is 15.8. The predicted octanol–water partition coefficient (Wildman–Crippen LogP) is 3.80. The van der Waals surface area contributed by atoms with Crippen molar-refractivity contribution in [2.45, 2.75) is 53.1 Å². The van der Waals surface area contributed by atoms with E-state index in [0.29, 0.717) is 6.04 Å². The summed E-state index contributed by atoms with van der Waals surface area (Å²) in [7, 11) is 0. The Morgan fingerprint density at radius 2 is 2.05 bits per heavy atom. The topological polar surface area (TPSA) is 29.9 Å². The van der Waals surface area contributed by atoms with Gasteiger partial charge in [0.2, 0.25) is 0 Å². The number of nitrogens with zero attached hydrogens (tertiary/aromatic N) is 2. The average Bonchev–Trinajstić information content (AvgIpc) is 2.93. The molecule has 1 heterocycles. The van der Waals surface area contributed by atoms with Gasteiger partial charge in [0.25, 0.3) is 0 Å². The van der Waals surface area contributed by atoms with Gasteiger partial charge in [0.15, 0.2) is 0 Å². The van der Waals surface area contributed by atoms with Gasteiger partial charge < -0.3 is 9.88 Å². The van der Waals surface area contributed by atoms with Gasteiger partial charge in [-0.3, -0.25) is 0 Å². The Hall–Kier alpha value is -1.61. The van der Waals surface area contributed by atoms with Gasteiger partial charge in [-0.1, -0.05) is 30.7 Å². The minimum Gasteiger partial charge on any atom is -0.335 e. The van der Waals surface area contributed by atoms with E-state index in [1.54, 1.807) is 0 Å². The number of rotatable bonds is 7. The summed E-state index contributed by atoms with van der Waals surface area (Å²) < 4.78 is 2.23. The highest BCUT2D eigenvalue weighted by Crippen LogP contribution is 2.22. The Labute approximate surface area is 128 Å². The molecule has 1 unspecified atom stereocenters. The fourth-order valence-corrected chi connectivity index (χ4v) is 2.75. The van der Waals surface area contributed by atoms with Crippen molar-refractivity contribution in [3.63, 3.8) is 0 Å². The smallest absolute Gasteiger partial charge is 0.110 e. The van der Waals surface area contributed by atoms with Crippen LogP contribution in [-0.2, 0) is 13.0 Å². The molecular formula is C18H27N3. The molecule has 0 aliphatic heterocycles. The number of hydrogen-bond donors (Lipinski definition) is 1. The van der Waals surface area contributed by atoms with Crippen molar-refractivity contribution in [1.82, 2.24) is 14.9 Å². The van der Waals surface area contributed by atoms with Gasteiger partial charge in [-0.25, -0.2) is 4.98 Å². The fraction of sp³-hybridized carbons (Fsp3) is 0.500. The van der Waals surface area contributed by atoms with Crippen molar-refractivity contribution in [2.75, 3.05) is 6.54 Å². The molecule has 0 amide bonds. The molecule has 0 radical (unpaired) electrons. The van der Waals surface area contributed by atoms with Crippen molar-refractivity contribution in [2.24, 2.45) is 0 Å². The van der Waals surface area contributed by atoms with E-state index in [0.717, 1.165) is 31.8 Å². The first-order valence-corrected chi connectivity index (χ1v) is 7.96. The Bertz CT molecular complexity index is 572. The van der Waals surface area contributed by atoms with Gasteiger partial charge in [-0.15, -0.1) is 0 Å². The van der Waals surface area contributed by atoms with Gasteiger partial charge >= 0.3 is 0 Å². The van der Waals surface area contributed by atoms with E-state index in [1.165, 1.54) is 16.7 Å². The number of aryl methyl sites for hydroxylation is 3. The van der Waals surface area contributed by atoms with Gasteiger partial charge in [-0.05, 0) is 44.9 Å². The second kappa shape index (κ2) is 7.41. The molecular weight excluding hydrogens is 258 g/mol. The monoisotopic (exact) mass is 285 g/mol. The number of nitrogens with one attached hydrogen (secondary N) is 1. The third-order valence-corrected chi connectivity index (χ3v) is 3.98. The second-order valence-corrected chi connectivity index (χ2v) is 5.70. The molecule has 0 bridgehead atoms. The summed E-state index contributed by atoms with van der Waals surface area (Å²) in [5.74, 6) is 1.16. The molecule has 0 aliphatic carbocycles. The highest BCUT2D eigenvalue weighted by atomic mass is 15.1. The van der Waals surface area contributed by atoms with Crippen molar-refractivity contribution < 1.29 is 0 Å². The zero-order chi connectivity index (χ0) is 15.2. The van der Waals surface area contributed by atoms with Crippen molar-refractivity contribution in [3.05, 3.63) is 53.1 Å². The van der Waals surface area contributed by atoms with Crippen LogP contribution >= 0.6 is 0 Å². The molecule has 0 spiro atoms. The summed E-state index contributed by atoms with van der Waals surface area (Å²) in [4.78, 5) is 4.54. The molecule has 1 atom stereocenters. The Morgan fingerprint density at radius 3 is 2.76 bits per heavy atom. The highest BCUT2D eigenvalue weighted by Gasteiger charge is 2.16. The van der Waals surface area contributed by atoms with E-state index in [1.807, 2.05) is 6.20 Å². The molecule has 3 heteroatoms. The van der Waals surface area contributed by atoms with Crippen LogP contribution in [0.4, 0.5) is 0 Å². The van der Waals surface area contributed by atoms with Crippen LogP contribution < -0.4 is 5.32 Å². The Kier molecular flexibility index (Phi) is 5.57. The van der Waals surface area contributed by atoms with Crippen LogP contribution in [0.2, 0.25) is 0 Å². The summed E-state index contributed by atoms with van der Waals surface area (Å²) in [6, 6.07) is 7.04. The van der Waals surface area contributed by atoms with Gasteiger partial charge in [-0.2, -0.15) is 0 Å². The maximum Gasteiger partial charge on any atom is 0.110 e. The zero-order valence-corrected chi connectivity index (χ0v) is 13.7. The van der Waals surface area contributed by atoms with Gasteiger partial charge in [0, 0.05) is 31.4 Å². The maximum atomic E-state index is 4.54. The summed E-state index contributed by atoms with van der Waals surface area (Å²) in [5, 5.41) is 3.69. The number of imidazole rings is 1. The lowest BCUT2D eigenvalue weighted by atomic mass is 9.96. The van der Waals surface area contributed by atoms with E-state index in [9.17, 15) is 0 Å². The summed E-state index contributed by atoms with van der Waals surface area (Å²) in [6.07, 6.45) is 6.04. The third-order valence-electron chi connectivity index (χ3n) is 3.98. The lowest BCUT2D eigenvalue weighted by Crippen LogP contribution is -2.26. The molecule has 21 heavy (non-hydrogen) atoms. The van der Waals surface area contributed by atoms with Crippen LogP contribution in [0.1, 0.15) is 48.8 Å². The normalized spacial score (nSPS) is 12.6. The average molecular weight is 285 g/mol. The molecule has 0 aliphatic rings. The maximum absolute atomic E-state index is 4.54. The van der Waals surface area contributed by atoms with E-state index >= 15 is 0 Å².